The van der Waals surface area contributed by atoms with Gasteiger partial charge < -0.3 is 9.73 Å². The highest BCUT2D eigenvalue weighted by atomic mass is 32.2. The number of furan rings is 1. The molecule has 3 rings (SSSR count). The number of thioether (sulfide) groups is 1. The van der Waals surface area contributed by atoms with Crippen LogP contribution in [0.15, 0.2) is 57.7 Å². The fourth-order valence-electron chi connectivity index (χ4n) is 2.43. The molecule has 0 radical (unpaired) electrons. The number of hydrogen-bond acceptors (Lipinski definition) is 4. The Morgan fingerprint density at radius 2 is 2.17 bits per heavy atom. The third-order valence-corrected chi connectivity index (χ3v) is 4.64. The molecule has 1 atom stereocenters. The van der Waals surface area contributed by atoms with E-state index in [0.29, 0.717) is 27.7 Å². The number of allylic oxidation sites excluding steroid dienone is 1. The minimum absolute atomic E-state index is 0.167. The van der Waals surface area contributed by atoms with Crippen molar-refractivity contribution in [1.29, 1.82) is 5.26 Å². The summed E-state index contributed by atoms with van der Waals surface area (Å²) in [6, 6.07) is 12.1. The highest BCUT2D eigenvalue weighted by molar-refractivity contribution is 8.02. The molecule has 0 saturated carbocycles. The van der Waals surface area contributed by atoms with Crippen molar-refractivity contribution in [2.75, 3.05) is 0 Å². The van der Waals surface area contributed by atoms with Gasteiger partial charge in [-0.3, -0.25) is 4.79 Å². The van der Waals surface area contributed by atoms with Gasteiger partial charge in [0.15, 0.2) is 0 Å². The van der Waals surface area contributed by atoms with E-state index >= 15 is 0 Å². The summed E-state index contributed by atoms with van der Waals surface area (Å²) in [4.78, 5) is 11.9. The van der Waals surface area contributed by atoms with Gasteiger partial charge >= 0.3 is 0 Å². The summed E-state index contributed by atoms with van der Waals surface area (Å²) < 4.78 is 19.1. The van der Waals surface area contributed by atoms with E-state index in [4.69, 9.17) is 4.42 Å². The summed E-state index contributed by atoms with van der Waals surface area (Å²) in [7, 11) is 0. The lowest BCUT2D eigenvalue weighted by Gasteiger charge is -2.23. The van der Waals surface area contributed by atoms with Gasteiger partial charge in [0, 0.05) is 12.2 Å². The van der Waals surface area contributed by atoms with Crippen LogP contribution in [0.5, 0.6) is 0 Å². The number of benzene rings is 1. The molecular formula is C17H13FN2O2S. The van der Waals surface area contributed by atoms with Gasteiger partial charge in [-0.05, 0) is 23.8 Å². The Kier molecular flexibility index (Phi) is 4.49. The van der Waals surface area contributed by atoms with Crippen molar-refractivity contribution in [3.63, 3.8) is 0 Å². The number of carbonyl (C=O) groups is 1. The van der Waals surface area contributed by atoms with Crippen LogP contribution in [0, 0.1) is 17.1 Å². The first-order valence-corrected chi connectivity index (χ1v) is 8.01. The molecule has 1 aliphatic heterocycles. The third kappa shape index (κ3) is 3.30. The fourth-order valence-corrected chi connectivity index (χ4v) is 3.49. The van der Waals surface area contributed by atoms with Crippen LogP contribution in [0.2, 0.25) is 0 Å². The van der Waals surface area contributed by atoms with Gasteiger partial charge in [0.1, 0.15) is 11.6 Å². The summed E-state index contributed by atoms with van der Waals surface area (Å²) in [6.45, 7) is 0. The molecule has 0 fully saturated rings. The van der Waals surface area contributed by atoms with E-state index in [1.165, 1.54) is 24.1 Å². The normalized spacial score (nSPS) is 17.7. The Bertz CT molecular complexity index is 793. The Hall–Kier alpha value is -2.52. The summed E-state index contributed by atoms with van der Waals surface area (Å²) in [5, 5.41) is 12.7. The number of nitrogens with zero attached hydrogens (tertiary/aromatic N) is 1. The van der Waals surface area contributed by atoms with Crippen LogP contribution in [0.3, 0.4) is 0 Å². The number of nitriles is 1. The average molecular weight is 328 g/mol. The second-order valence-electron chi connectivity index (χ2n) is 5.05. The molecule has 0 unspecified atom stereocenters. The predicted octanol–water partition coefficient (Wildman–Crippen LogP) is 3.69. The molecule has 1 aliphatic rings. The molecule has 1 N–H and O–H groups in total. The summed E-state index contributed by atoms with van der Waals surface area (Å²) in [5.74, 6) is 0.0377. The zero-order valence-electron chi connectivity index (χ0n) is 12.1. The largest absolute Gasteiger partial charge is 0.469 e. The van der Waals surface area contributed by atoms with E-state index in [-0.39, 0.29) is 18.1 Å². The maximum atomic E-state index is 13.7. The standard InChI is InChI=1S/C17H13FN2O2S/c18-14-5-2-1-4-11(14)10-23-17-13(9-19)12(8-16(21)20-17)15-6-3-7-22-15/h1-7,12H,8,10H2,(H,20,21)/t12-/m1/s1. The van der Waals surface area contributed by atoms with E-state index in [1.54, 1.807) is 30.3 Å². The lowest BCUT2D eigenvalue weighted by atomic mass is 9.92. The second-order valence-corrected chi connectivity index (χ2v) is 6.04. The zero-order valence-corrected chi connectivity index (χ0v) is 12.9. The molecule has 4 nitrogen and oxygen atoms in total. The molecule has 2 heterocycles. The molecule has 1 amide bonds. The first-order chi connectivity index (χ1) is 11.2. The van der Waals surface area contributed by atoms with Gasteiger partial charge in [0.05, 0.1) is 28.9 Å². The van der Waals surface area contributed by atoms with Crippen molar-refractivity contribution in [2.24, 2.45) is 0 Å². The molecule has 6 heteroatoms. The van der Waals surface area contributed by atoms with Crippen molar-refractivity contribution in [1.82, 2.24) is 5.32 Å². The monoisotopic (exact) mass is 328 g/mol. The molecule has 23 heavy (non-hydrogen) atoms. The number of carbonyl (C=O) groups excluding carboxylic acids is 1. The van der Waals surface area contributed by atoms with Gasteiger partial charge in [-0.2, -0.15) is 5.26 Å². The number of hydrogen-bond donors (Lipinski definition) is 1. The first-order valence-electron chi connectivity index (χ1n) is 7.02. The lowest BCUT2D eigenvalue weighted by molar-refractivity contribution is -0.120. The smallest absolute Gasteiger partial charge is 0.225 e. The van der Waals surface area contributed by atoms with Gasteiger partial charge in [-0.25, -0.2) is 4.39 Å². The van der Waals surface area contributed by atoms with Crippen molar-refractivity contribution in [2.45, 2.75) is 18.1 Å². The van der Waals surface area contributed by atoms with E-state index in [1.807, 2.05) is 0 Å². The van der Waals surface area contributed by atoms with E-state index in [9.17, 15) is 14.4 Å². The summed E-state index contributed by atoms with van der Waals surface area (Å²) >= 11 is 1.25. The highest BCUT2D eigenvalue weighted by Gasteiger charge is 2.31. The van der Waals surface area contributed by atoms with Crippen LogP contribution in [0.1, 0.15) is 23.7 Å². The van der Waals surface area contributed by atoms with Crippen LogP contribution >= 0.6 is 11.8 Å². The van der Waals surface area contributed by atoms with Crippen molar-refractivity contribution < 1.29 is 13.6 Å². The van der Waals surface area contributed by atoms with Crippen LogP contribution in [-0.4, -0.2) is 5.91 Å². The Balaban J connectivity index is 1.87. The molecule has 0 saturated heterocycles. The molecule has 116 valence electrons. The van der Waals surface area contributed by atoms with Crippen LogP contribution in [-0.2, 0) is 10.5 Å². The molecule has 1 aromatic heterocycles. The Morgan fingerprint density at radius 1 is 1.35 bits per heavy atom. The SMILES string of the molecule is N#CC1=C(SCc2ccccc2F)NC(=O)C[C@H]1c1ccco1. The quantitative estimate of drug-likeness (QED) is 0.929. The number of amides is 1. The van der Waals surface area contributed by atoms with E-state index < -0.39 is 5.92 Å². The summed E-state index contributed by atoms with van der Waals surface area (Å²) in [5.41, 5.74) is 0.970. The number of nitrogens with one attached hydrogen (secondary N) is 1. The fraction of sp³-hybridized carbons (Fsp3) is 0.176. The van der Waals surface area contributed by atoms with Gasteiger partial charge in [-0.15, -0.1) is 11.8 Å². The van der Waals surface area contributed by atoms with Crippen molar-refractivity contribution in [3.05, 3.63) is 70.4 Å². The predicted molar refractivity (Wildman–Crippen MR) is 84.5 cm³/mol. The number of rotatable bonds is 4. The zero-order chi connectivity index (χ0) is 16.2. The molecule has 0 aliphatic carbocycles. The van der Waals surface area contributed by atoms with Gasteiger partial charge in [0.25, 0.3) is 0 Å². The lowest BCUT2D eigenvalue weighted by Crippen LogP contribution is -2.30. The second kappa shape index (κ2) is 6.71. The minimum atomic E-state index is -0.396. The van der Waals surface area contributed by atoms with Crippen LogP contribution in [0.25, 0.3) is 0 Å². The Labute approximate surface area is 137 Å². The molecule has 2 aromatic rings. The van der Waals surface area contributed by atoms with Crippen molar-refractivity contribution >= 4 is 17.7 Å². The van der Waals surface area contributed by atoms with Gasteiger partial charge in [0.2, 0.25) is 5.91 Å². The third-order valence-electron chi connectivity index (χ3n) is 3.57. The molecular weight excluding hydrogens is 315 g/mol. The highest BCUT2D eigenvalue weighted by Crippen LogP contribution is 2.37. The maximum absolute atomic E-state index is 13.7. The molecule has 0 spiro atoms. The Morgan fingerprint density at radius 3 is 2.87 bits per heavy atom. The van der Waals surface area contributed by atoms with E-state index in [2.05, 4.69) is 11.4 Å². The van der Waals surface area contributed by atoms with Crippen LogP contribution in [0.4, 0.5) is 4.39 Å². The van der Waals surface area contributed by atoms with Gasteiger partial charge in [-0.1, -0.05) is 18.2 Å². The summed E-state index contributed by atoms with van der Waals surface area (Å²) in [6.07, 6.45) is 1.68. The minimum Gasteiger partial charge on any atom is -0.469 e. The van der Waals surface area contributed by atoms with E-state index in [0.717, 1.165) is 0 Å². The number of halogens is 1. The van der Waals surface area contributed by atoms with Crippen LogP contribution < -0.4 is 5.32 Å². The topological polar surface area (TPSA) is 66.0 Å². The molecule has 1 aromatic carbocycles. The maximum Gasteiger partial charge on any atom is 0.225 e. The first kappa shape index (κ1) is 15.4. The molecule has 0 bridgehead atoms. The average Bonchev–Trinajstić information content (AvgIpc) is 3.08. The van der Waals surface area contributed by atoms with Crippen molar-refractivity contribution in [3.8, 4) is 6.07 Å².